The highest BCUT2D eigenvalue weighted by Gasteiger charge is 2.21. The van der Waals surface area contributed by atoms with Crippen molar-refractivity contribution in [3.63, 3.8) is 0 Å². The van der Waals surface area contributed by atoms with E-state index in [1.54, 1.807) is 0 Å². The summed E-state index contributed by atoms with van der Waals surface area (Å²) in [5.41, 5.74) is 0. The van der Waals surface area contributed by atoms with Crippen LogP contribution in [0.1, 0.15) is 6.42 Å². The van der Waals surface area contributed by atoms with Crippen molar-refractivity contribution in [1.82, 2.24) is 16.0 Å². The molecule has 0 rings (SSSR count). The molecule has 1 atom stereocenters. The molecule has 7 nitrogen and oxygen atoms in total. The molecule has 0 saturated carbocycles. The minimum atomic E-state index is -1.16. The molecule has 0 bridgehead atoms. The van der Waals surface area contributed by atoms with Gasteiger partial charge < -0.3 is 21.1 Å². The van der Waals surface area contributed by atoms with Crippen LogP contribution in [0.4, 0.5) is 4.79 Å². The van der Waals surface area contributed by atoms with E-state index in [9.17, 15) is 14.4 Å². The molecule has 0 aliphatic heterocycles. The van der Waals surface area contributed by atoms with E-state index in [4.69, 9.17) is 5.11 Å². The van der Waals surface area contributed by atoms with Crippen molar-refractivity contribution in [1.29, 1.82) is 0 Å². The summed E-state index contributed by atoms with van der Waals surface area (Å²) in [4.78, 5) is 32.3. The zero-order chi connectivity index (χ0) is 11.1. The summed E-state index contributed by atoms with van der Waals surface area (Å²) in [6.07, 6.45) is -0.451. The highest BCUT2D eigenvalue weighted by atomic mass is 16.4. The summed E-state index contributed by atoms with van der Waals surface area (Å²) in [6.45, 7) is 0. The molecule has 7 heteroatoms. The normalized spacial score (nSPS) is 11.3. The van der Waals surface area contributed by atoms with Crippen LogP contribution in [0.25, 0.3) is 0 Å². The second kappa shape index (κ2) is 5.79. The molecule has 0 aromatic carbocycles. The second-order valence-corrected chi connectivity index (χ2v) is 2.49. The van der Waals surface area contributed by atoms with Crippen LogP contribution < -0.4 is 16.0 Å². The van der Waals surface area contributed by atoms with Crippen LogP contribution in [0.3, 0.4) is 0 Å². The van der Waals surface area contributed by atoms with Gasteiger partial charge in [0.2, 0.25) is 5.91 Å². The number of aliphatic carboxylic acids is 1. The zero-order valence-electron chi connectivity index (χ0n) is 7.96. The summed E-state index contributed by atoms with van der Waals surface area (Å²) in [7, 11) is 2.74. The van der Waals surface area contributed by atoms with Crippen LogP contribution in [0.15, 0.2) is 0 Å². The number of carbonyl (C=O) groups is 3. The van der Waals surface area contributed by atoms with E-state index in [0.717, 1.165) is 0 Å². The van der Waals surface area contributed by atoms with Crippen molar-refractivity contribution in [2.45, 2.75) is 12.5 Å². The first-order valence-electron chi connectivity index (χ1n) is 3.93. The Kier molecular flexibility index (Phi) is 5.05. The predicted octanol–water partition coefficient (Wildman–Crippen LogP) is -1.50. The van der Waals surface area contributed by atoms with E-state index in [1.807, 2.05) is 0 Å². The Morgan fingerprint density at radius 1 is 1.21 bits per heavy atom. The van der Waals surface area contributed by atoms with Crippen LogP contribution in [-0.4, -0.2) is 43.2 Å². The number of carboxylic acids is 1. The summed E-state index contributed by atoms with van der Waals surface area (Å²) in [6, 6.07) is -1.66. The number of nitrogens with one attached hydrogen (secondary N) is 3. The Labute approximate surface area is 80.9 Å². The van der Waals surface area contributed by atoms with Gasteiger partial charge in [0.1, 0.15) is 6.04 Å². The van der Waals surface area contributed by atoms with Crippen molar-refractivity contribution in [3.05, 3.63) is 0 Å². The third kappa shape index (κ3) is 4.29. The number of urea groups is 1. The van der Waals surface area contributed by atoms with Gasteiger partial charge in [0.15, 0.2) is 0 Å². The van der Waals surface area contributed by atoms with Crippen LogP contribution in [0.5, 0.6) is 0 Å². The van der Waals surface area contributed by atoms with E-state index >= 15 is 0 Å². The molecule has 0 aromatic heterocycles. The van der Waals surface area contributed by atoms with Gasteiger partial charge in [-0.1, -0.05) is 0 Å². The standard InChI is InChI=1S/C7H13N3O4/c1-8-6(13)4(3-5(11)12)10-7(14)9-2/h4H,3H2,1-2H3,(H,8,13)(H,11,12)(H2,9,10,14). The van der Waals surface area contributed by atoms with Gasteiger partial charge in [-0.15, -0.1) is 0 Å². The quantitative estimate of drug-likeness (QED) is 0.446. The van der Waals surface area contributed by atoms with Crippen molar-refractivity contribution in [2.24, 2.45) is 0 Å². The highest BCUT2D eigenvalue weighted by Crippen LogP contribution is 1.92. The number of carboxylic acid groups (broad SMARTS) is 1. The van der Waals surface area contributed by atoms with Gasteiger partial charge >= 0.3 is 12.0 Å². The van der Waals surface area contributed by atoms with E-state index in [1.165, 1.54) is 14.1 Å². The summed E-state index contributed by atoms with van der Waals surface area (Å²) >= 11 is 0. The van der Waals surface area contributed by atoms with Crippen molar-refractivity contribution in [2.75, 3.05) is 14.1 Å². The maximum absolute atomic E-state index is 11.1. The van der Waals surface area contributed by atoms with Crippen molar-refractivity contribution < 1.29 is 19.5 Å². The lowest BCUT2D eigenvalue weighted by molar-refractivity contribution is -0.139. The molecule has 0 spiro atoms. The molecular formula is C7H13N3O4. The lowest BCUT2D eigenvalue weighted by Crippen LogP contribution is -2.49. The fourth-order valence-corrected chi connectivity index (χ4v) is 0.789. The van der Waals surface area contributed by atoms with E-state index in [-0.39, 0.29) is 0 Å². The highest BCUT2D eigenvalue weighted by molar-refractivity contribution is 5.89. The fourth-order valence-electron chi connectivity index (χ4n) is 0.789. The largest absolute Gasteiger partial charge is 0.481 e. The lowest BCUT2D eigenvalue weighted by atomic mass is 10.2. The Balaban J connectivity index is 4.31. The minimum absolute atomic E-state index is 0.451. The monoisotopic (exact) mass is 203 g/mol. The third-order valence-corrected chi connectivity index (χ3v) is 1.47. The van der Waals surface area contributed by atoms with Crippen LogP contribution in [-0.2, 0) is 9.59 Å². The fraction of sp³-hybridized carbons (Fsp3) is 0.571. The summed E-state index contributed by atoms with van der Waals surface area (Å²) in [5.74, 6) is -1.70. The Morgan fingerprint density at radius 3 is 2.14 bits per heavy atom. The number of hydrogen-bond donors (Lipinski definition) is 4. The van der Waals surface area contributed by atoms with E-state index in [0.29, 0.717) is 0 Å². The maximum atomic E-state index is 11.1. The number of hydrogen-bond acceptors (Lipinski definition) is 3. The SMILES string of the molecule is CNC(=O)NC(CC(=O)O)C(=O)NC. The van der Waals surface area contributed by atoms with Gasteiger partial charge in [-0.2, -0.15) is 0 Å². The second-order valence-electron chi connectivity index (χ2n) is 2.49. The average Bonchev–Trinajstić information content (AvgIpc) is 2.14. The van der Waals surface area contributed by atoms with Crippen molar-refractivity contribution >= 4 is 17.9 Å². The van der Waals surface area contributed by atoms with Gasteiger partial charge in [-0.05, 0) is 0 Å². The molecule has 0 fully saturated rings. The van der Waals surface area contributed by atoms with Gasteiger partial charge in [-0.25, -0.2) is 4.79 Å². The Morgan fingerprint density at radius 2 is 1.79 bits per heavy atom. The lowest BCUT2D eigenvalue weighted by Gasteiger charge is -2.14. The van der Waals surface area contributed by atoms with Gasteiger partial charge in [0.25, 0.3) is 0 Å². The number of rotatable bonds is 4. The van der Waals surface area contributed by atoms with E-state index in [2.05, 4.69) is 16.0 Å². The molecule has 0 saturated heterocycles. The zero-order valence-corrected chi connectivity index (χ0v) is 7.96. The van der Waals surface area contributed by atoms with E-state index < -0.39 is 30.4 Å². The molecule has 80 valence electrons. The number of amides is 3. The minimum Gasteiger partial charge on any atom is -0.481 e. The third-order valence-electron chi connectivity index (χ3n) is 1.47. The average molecular weight is 203 g/mol. The first-order valence-corrected chi connectivity index (χ1v) is 3.93. The molecule has 14 heavy (non-hydrogen) atoms. The molecule has 0 heterocycles. The first-order chi connectivity index (χ1) is 6.51. The number of carbonyl (C=O) groups excluding carboxylic acids is 2. The summed E-state index contributed by atoms with van der Waals surface area (Å²) < 4.78 is 0. The molecular weight excluding hydrogens is 190 g/mol. The van der Waals surface area contributed by atoms with Crippen LogP contribution >= 0.6 is 0 Å². The first kappa shape index (κ1) is 12.2. The molecule has 0 aliphatic rings. The molecule has 0 aliphatic carbocycles. The maximum Gasteiger partial charge on any atom is 0.315 e. The van der Waals surface area contributed by atoms with Gasteiger partial charge in [-0.3, -0.25) is 9.59 Å². The van der Waals surface area contributed by atoms with Gasteiger partial charge in [0.05, 0.1) is 6.42 Å². The Bertz CT molecular complexity index is 241. The van der Waals surface area contributed by atoms with Crippen molar-refractivity contribution in [3.8, 4) is 0 Å². The predicted molar refractivity (Wildman–Crippen MR) is 47.7 cm³/mol. The molecule has 1 unspecified atom stereocenters. The van der Waals surface area contributed by atoms with Crippen LogP contribution in [0.2, 0.25) is 0 Å². The topological polar surface area (TPSA) is 108 Å². The Hall–Kier alpha value is -1.79. The molecule has 3 amide bonds. The smallest absolute Gasteiger partial charge is 0.315 e. The molecule has 0 aromatic rings. The van der Waals surface area contributed by atoms with Crippen LogP contribution in [0, 0.1) is 0 Å². The molecule has 0 radical (unpaired) electrons. The number of likely N-dealkylation sites (N-methyl/N-ethyl adjacent to an activating group) is 1. The summed E-state index contributed by atoms with van der Waals surface area (Å²) in [5, 5.41) is 15.1. The van der Waals surface area contributed by atoms with Gasteiger partial charge in [0, 0.05) is 14.1 Å². The molecule has 4 N–H and O–H groups in total.